The summed E-state index contributed by atoms with van der Waals surface area (Å²) in [4.78, 5) is 11.2. The first-order chi connectivity index (χ1) is 12.8. The van der Waals surface area contributed by atoms with Crippen LogP contribution in [0.5, 0.6) is 0 Å². The minimum Gasteiger partial charge on any atom is -0.478 e. The number of benzene rings is 2. The van der Waals surface area contributed by atoms with Crippen molar-refractivity contribution in [2.45, 2.75) is 33.1 Å². The summed E-state index contributed by atoms with van der Waals surface area (Å²) in [5, 5.41) is 14.0. The van der Waals surface area contributed by atoms with E-state index in [0.717, 1.165) is 22.6 Å². The zero-order valence-corrected chi connectivity index (χ0v) is 15.9. The van der Waals surface area contributed by atoms with Crippen LogP contribution in [0.2, 0.25) is 0 Å². The number of hydrogen-bond acceptors (Lipinski definition) is 2. The third-order valence-electron chi connectivity index (χ3n) is 4.29. The molecule has 0 aliphatic rings. The van der Waals surface area contributed by atoms with Crippen molar-refractivity contribution < 1.29 is 9.90 Å². The molecule has 0 aliphatic heterocycles. The zero-order valence-electron chi connectivity index (χ0n) is 15.9. The van der Waals surface area contributed by atoms with Crippen LogP contribution in [0, 0.1) is 18.8 Å². The highest BCUT2D eigenvalue weighted by atomic mass is 16.4. The fourth-order valence-electron chi connectivity index (χ4n) is 2.62. The smallest absolute Gasteiger partial charge is 0.335 e. The molecule has 1 N–H and O–H groups in total. The van der Waals surface area contributed by atoms with Crippen molar-refractivity contribution in [3.63, 3.8) is 0 Å². The van der Waals surface area contributed by atoms with E-state index in [9.17, 15) is 9.90 Å². The van der Waals surface area contributed by atoms with Crippen molar-refractivity contribution in [3.8, 4) is 17.5 Å². The normalized spacial score (nSPS) is 11.0. The van der Waals surface area contributed by atoms with E-state index < -0.39 is 5.97 Å². The molecular formula is C23H22N2O2. The highest BCUT2D eigenvalue weighted by Crippen LogP contribution is 2.23. The molecule has 0 amide bonds. The monoisotopic (exact) mass is 358 g/mol. The predicted molar refractivity (Wildman–Crippen MR) is 106 cm³/mol. The summed E-state index contributed by atoms with van der Waals surface area (Å²) >= 11 is 0. The second kappa shape index (κ2) is 7.13. The molecule has 1 aromatic heterocycles. The average molecular weight is 358 g/mol. The van der Waals surface area contributed by atoms with Crippen molar-refractivity contribution in [1.29, 1.82) is 0 Å². The third-order valence-corrected chi connectivity index (χ3v) is 4.29. The molecule has 0 fully saturated rings. The van der Waals surface area contributed by atoms with Gasteiger partial charge in [-0.1, -0.05) is 51.0 Å². The molecule has 0 bridgehead atoms. The lowest BCUT2D eigenvalue weighted by atomic mass is 9.92. The van der Waals surface area contributed by atoms with E-state index in [0.29, 0.717) is 5.56 Å². The van der Waals surface area contributed by atoms with Gasteiger partial charge in [0.15, 0.2) is 0 Å². The van der Waals surface area contributed by atoms with E-state index in [4.69, 9.17) is 5.10 Å². The van der Waals surface area contributed by atoms with E-state index in [2.05, 4.69) is 32.6 Å². The van der Waals surface area contributed by atoms with E-state index in [-0.39, 0.29) is 11.0 Å². The lowest BCUT2D eigenvalue weighted by Gasteiger charge is -2.14. The minimum atomic E-state index is -0.956. The van der Waals surface area contributed by atoms with Gasteiger partial charge in [0.2, 0.25) is 0 Å². The number of aromatic nitrogens is 2. The number of aryl methyl sites for hydroxylation is 1. The van der Waals surface area contributed by atoms with Crippen molar-refractivity contribution in [2.24, 2.45) is 0 Å². The van der Waals surface area contributed by atoms with Crippen LogP contribution in [-0.4, -0.2) is 20.9 Å². The van der Waals surface area contributed by atoms with Crippen molar-refractivity contribution in [3.05, 3.63) is 82.7 Å². The van der Waals surface area contributed by atoms with Gasteiger partial charge in [0, 0.05) is 11.0 Å². The van der Waals surface area contributed by atoms with Gasteiger partial charge in [-0.25, -0.2) is 9.48 Å². The molecule has 4 nitrogen and oxygen atoms in total. The van der Waals surface area contributed by atoms with Gasteiger partial charge >= 0.3 is 5.97 Å². The fourth-order valence-corrected chi connectivity index (χ4v) is 2.62. The number of para-hydroxylation sites is 1. The number of rotatable bonds is 2. The molecule has 1 heterocycles. The molecule has 4 heteroatoms. The summed E-state index contributed by atoms with van der Waals surface area (Å²) in [5.74, 6) is 5.35. The number of carboxylic acids is 1. The summed E-state index contributed by atoms with van der Waals surface area (Å²) in [5.41, 5.74) is 4.43. The van der Waals surface area contributed by atoms with E-state index in [1.165, 1.54) is 0 Å². The molecule has 0 spiro atoms. The third kappa shape index (κ3) is 4.09. The van der Waals surface area contributed by atoms with Gasteiger partial charge in [-0.3, -0.25) is 0 Å². The van der Waals surface area contributed by atoms with Gasteiger partial charge < -0.3 is 5.11 Å². The van der Waals surface area contributed by atoms with E-state index in [1.54, 1.807) is 18.2 Å². The Hall–Kier alpha value is -3.32. The Bertz CT molecular complexity index is 1050. The van der Waals surface area contributed by atoms with Crippen LogP contribution in [0.25, 0.3) is 5.69 Å². The Morgan fingerprint density at radius 1 is 1.04 bits per heavy atom. The molecule has 136 valence electrons. The maximum atomic E-state index is 11.2. The van der Waals surface area contributed by atoms with Gasteiger partial charge in [-0.2, -0.15) is 5.10 Å². The zero-order chi connectivity index (χ0) is 19.6. The second-order valence-corrected chi connectivity index (χ2v) is 7.50. The Kier molecular flexibility index (Phi) is 4.87. The highest BCUT2D eigenvalue weighted by molar-refractivity contribution is 5.88. The molecule has 0 aliphatic carbocycles. The Balaban J connectivity index is 2.11. The quantitative estimate of drug-likeness (QED) is 0.683. The van der Waals surface area contributed by atoms with Crippen molar-refractivity contribution >= 4 is 5.97 Å². The molecular weight excluding hydrogens is 336 g/mol. The van der Waals surface area contributed by atoms with Gasteiger partial charge in [-0.05, 0) is 48.7 Å². The lowest BCUT2D eigenvalue weighted by molar-refractivity contribution is 0.0697. The molecule has 27 heavy (non-hydrogen) atoms. The topological polar surface area (TPSA) is 55.1 Å². The fraction of sp³-hybridized carbons (Fsp3) is 0.217. The van der Waals surface area contributed by atoms with Crippen LogP contribution in [0.1, 0.15) is 53.6 Å². The molecule has 0 radical (unpaired) electrons. The minimum absolute atomic E-state index is 0.102. The number of carboxylic acid groups (broad SMARTS) is 1. The Morgan fingerprint density at radius 2 is 1.74 bits per heavy atom. The van der Waals surface area contributed by atoms with Gasteiger partial charge in [0.1, 0.15) is 5.69 Å². The van der Waals surface area contributed by atoms with Crippen LogP contribution in [0.15, 0.2) is 54.6 Å². The summed E-state index contributed by atoms with van der Waals surface area (Å²) in [6.07, 6.45) is 0. The summed E-state index contributed by atoms with van der Waals surface area (Å²) < 4.78 is 1.84. The average Bonchev–Trinajstić information content (AvgIpc) is 3.06. The first-order valence-corrected chi connectivity index (χ1v) is 8.77. The largest absolute Gasteiger partial charge is 0.478 e. The highest BCUT2D eigenvalue weighted by Gasteiger charge is 2.20. The van der Waals surface area contributed by atoms with Crippen LogP contribution in [-0.2, 0) is 5.41 Å². The molecule has 0 saturated carbocycles. The van der Waals surface area contributed by atoms with Crippen LogP contribution < -0.4 is 0 Å². The van der Waals surface area contributed by atoms with Gasteiger partial charge in [0.05, 0.1) is 16.9 Å². The molecule has 0 atom stereocenters. The molecule has 2 aromatic carbocycles. The number of carbonyl (C=O) groups is 1. The maximum Gasteiger partial charge on any atom is 0.335 e. The summed E-state index contributed by atoms with van der Waals surface area (Å²) in [6, 6.07) is 16.8. The molecule has 3 rings (SSSR count). The molecule has 0 saturated heterocycles. The summed E-state index contributed by atoms with van der Waals surface area (Å²) in [7, 11) is 0. The second-order valence-electron chi connectivity index (χ2n) is 7.50. The lowest BCUT2D eigenvalue weighted by Crippen LogP contribution is -2.12. The van der Waals surface area contributed by atoms with E-state index in [1.807, 2.05) is 48.0 Å². The number of aromatic carboxylic acids is 1. The van der Waals surface area contributed by atoms with Gasteiger partial charge in [0.25, 0.3) is 0 Å². The van der Waals surface area contributed by atoms with Crippen molar-refractivity contribution in [2.75, 3.05) is 0 Å². The Labute approximate surface area is 159 Å². The number of hydrogen-bond donors (Lipinski definition) is 1. The van der Waals surface area contributed by atoms with Crippen LogP contribution in [0.3, 0.4) is 0 Å². The van der Waals surface area contributed by atoms with Crippen molar-refractivity contribution in [1.82, 2.24) is 9.78 Å². The molecule has 0 unspecified atom stereocenters. The summed E-state index contributed by atoms with van der Waals surface area (Å²) in [6.45, 7) is 8.26. The van der Waals surface area contributed by atoms with Crippen LogP contribution >= 0.6 is 0 Å². The standard InChI is InChI=1S/C23H22N2O2/c1-16-10-11-18(22(26)27)14-17(16)12-13-20-15-21(23(2,3)4)24-25(20)19-8-6-5-7-9-19/h5-11,14-15H,1-4H3,(H,26,27). The molecule has 3 aromatic rings. The first kappa shape index (κ1) is 18.5. The first-order valence-electron chi connectivity index (χ1n) is 8.77. The Morgan fingerprint density at radius 3 is 2.37 bits per heavy atom. The van der Waals surface area contributed by atoms with E-state index >= 15 is 0 Å². The predicted octanol–water partition coefficient (Wildman–Crippen LogP) is 4.58. The number of nitrogens with zero attached hydrogens (tertiary/aromatic N) is 2. The maximum absolute atomic E-state index is 11.2. The van der Waals surface area contributed by atoms with Crippen LogP contribution in [0.4, 0.5) is 0 Å². The SMILES string of the molecule is Cc1ccc(C(=O)O)cc1C#Cc1cc(C(C)(C)C)nn1-c1ccccc1. The van der Waals surface area contributed by atoms with Gasteiger partial charge in [-0.15, -0.1) is 0 Å².